The first-order chi connectivity index (χ1) is 8.52. The Labute approximate surface area is 117 Å². The van der Waals surface area contributed by atoms with Gasteiger partial charge in [0.25, 0.3) is 0 Å². The van der Waals surface area contributed by atoms with Gasteiger partial charge in [0, 0.05) is 0 Å². The molecular formula is C18H38. The van der Waals surface area contributed by atoms with E-state index in [-0.39, 0.29) is 0 Å². The largest absolute Gasteiger partial charge is 0.0654 e. The van der Waals surface area contributed by atoms with E-state index < -0.39 is 0 Å². The number of unbranched alkanes of at least 4 members (excludes halogenated alkanes) is 1. The van der Waals surface area contributed by atoms with Crippen LogP contribution in [0.25, 0.3) is 0 Å². The Bertz CT molecular complexity index is 184. The van der Waals surface area contributed by atoms with Crippen LogP contribution in [0.15, 0.2) is 0 Å². The number of hydrogen-bond donors (Lipinski definition) is 0. The molecule has 0 aliphatic carbocycles. The van der Waals surface area contributed by atoms with Crippen molar-refractivity contribution in [2.75, 3.05) is 0 Å². The third kappa shape index (κ3) is 6.81. The molecule has 0 aliphatic rings. The Balaban J connectivity index is 4.16. The van der Waals surface area contributed by atoms with Crippen LogP contribution in [0.5, 0.6) is 0 Å². The molecule has 3 unspecified atom stereocenters. The van der Waals surface area contributed by atoms with E-state index in [0.29, 0.717) is 5.41 Å². The molecule has 0 N–H and O–H groups in total. The average Bonchev–Trinajstić information content (AvgIpc) is 2.39. The Morgan fingerprint density at radius 2 is 1.56 bits per heavy atom. The highest BCUT2D eigenvalue weighted by atomic mass is 14.3. The Morgan fingerprint density at radius 3 is 2.00 bits per heavy atom. The summed E-state index contributed by atoms with van der Waals surface area (Å²) >= 11 is 0. The van der Waals surface area contributed by atoms with E-state index in [4.69, 9.17) is 0 Å². The molecule has 0 saturated heterocycles. The summed E-state index contributed by atoms with van der Waals surface area (Å²) in [4.78, 5) is 0. The molecule has 0 aromatic heterocycles. The van der Waals surface area contributed by atoms with Gasteiger partial charge >= 0.3 is 0 Å². The Kier molecular flexibility index (Phi) is 9.87. The lowest BCUT2D eigenvalue weighted by Crippen LogP contribution is -2.19. The zero-order chi connectivity index (χ0) is 14.0. The van der Waals surface area contributed by atoms with E-state index in [0.717, 1.165) is 11.8 Å². The molecule has 0 rings (SSSR count). The zero-order valence-corrected chi connectivity index (χ0v) is 14.0. The van der Waals surface area contributed by atoms with Crippen LogP contribution in [-0.2, 0) is 0 Å². The van der Waals surface area contributed by atoms with E-state index in [1.165, 1.54) is 57.8 Å². The molecule has 0 spiro atoms. The van der Waals surface area contributed by atoms with Crippen molar-refractivity contribution in [2.24, 2.45) is 17.3 Å². The van der Waals surface area contributed by atoms with Crippen LogP contribution < -0.4 is 0 Å². The third-order valence-electron chi connectivity index (χ3n) is 5.18. The molecule has 0 amide bonds. The highest BCUT2D eigenvalue weighted by Gasteiger charge is 2.23. The van der Waals surface area contributed by atoms with Gasteiger partial charge in [-0.25, -0.2) is 0 Å². The molecule has 0 fully saturated rings. The number of rotatable bonds is 11. The summed E-state index contributed by atoms with van der Waals surface area (Å²) in [6, 6.07) is 0. The van der Waals surface area contributed by atoms with Crippen LogP contribution in [0.1, 0.15) is 99.3 Å². The van der Waals surface area contributed by atoms with Gasteiger partial charge in [-0.15, -0.1) is 0 Å². The predicted octanol–water partition coefficient (Wildman–Crippen LogP) is 6.84. The minimum atomic E-state index is 0.606. The summed E-state index contributed by atoms with van der Waals surface area (Å²) in [5.41, 5.74) is 0.606. The lowest BCUT2D eigenvalue weighted by atomic mass is 9.74. The fourth-order valence-corrected chi connectivity index (χ4v) is 3.16. The highest BCUT2D eigenvalue weighted by molar-refractivity contribution is 4.75. The summed E-state index contributed by atoms with van der Waals surface area (Å²) in [5.74, 6) is 1.88. The fraction of sp³-hybridized carbons (Fsp3) is 1.00. The van der Waals surface area contributed by atoms with Gasteiger partial charge in [0.15, 0.2) is 0 Å². The van der Waals surface area contributed by atoms with Gasteiger partial charge in [0.2, 0.25) is 0 Å². The van der Waals surface area contributed by atoms with Gasteiger partial charge in [-0.05, 0) is 36.5 Å². The first-order valence-electron chi connectivity index (χ1n) is 8.52. The average molecular weight is 255 g/mol. The topological polar surface area (TPSA) is 0 Å². The SMILES string of the molecule is CCCCC(C)(CC)CCC(C)C(CC)CCC. The summed E-state index contributed by atoms with van der Waals surface area (Å²) in [7, 11) is 0. The van der Waals surface area contributed by atoms with Crippen molar-refractivity contribution in [1.29, 1.82) is 0 Å². The summed E-state index contributed by atoms with van der Waals surface area (Å²) in [6.07, 6.45) is 12.6. The molecule has 0 heteroatoms. The quantitative estimate of drug-likeness (QED) is 0.379. The molecule has 0 nitrogen and oxygen atoms in total. The minimum Gasteiger partial charge on any atom is -0.0654 e. The van der Waals surface area contributed by atoms with Crippen LogP contribution in [0, 0.1) is 17.3 Å². The lowest BCUT2D eigenvalue weighted by molar-refractivity contribution is 0.204. The van der Waals surface area contributed by atoms with E-state index in [1.54, 1.807) is 0 Å². The molecule has 3 atom stereocenters. The van der Waals surface area contributed by atoms with Gasteiger partial charge in [0.1, 0.15) is 0 Å². The normalized spacial score (nSPS) is 18.3. The Hall–Kier alpha value is 0. The van der Waals surface area contributed by atoms with E-state index in [2.05, 4.69) is 41.5 Å². The van der Waals surface area contributed by atoms with Crippen molar-refractivity contribution in [3.05, 3.63) is 0 Å². The van der Waals surface area contributed by atoms with Crippen molar-refractivity contribution in [2.45, 2.75) is 99.3 Å². The van der Waals surface area contributed by atoms with Crippen LogP contribution in [0.2, 0.25) is 0 Å². The molecule has 110 valence electrons. The maximum atomic E-state index is 2.51. The molecule has 0 heterocycles. The minimum absolute atomic E-state index is 0.606. The third-order valence-corrected chi connectivity index (χ3v) is 5.18. The zero-order valence-electron chi connectivity index (χ0n) is 14.0. The van der Waals surface area contributed by atoms with Gasteiger partial charge in [-0.2, -0.15) is 0 Å². The molecule has 0 aromatic carbocycles. The maximum Gasteiger partial charge on any atom is -0.0328 e. The smallest absolute Gasteiger partial charge is 0.0328 e. The van der Waals surface area contributed by atoms with Crippen LogP contribution >= 0.6 is 0 Å². The van der Waals surface area contributed by atoms with Crippen LogP contribution in [0.3, 0.4) is 0 Å². The molecule has 0 bridgehead atoms. The fourth-order valence-electron chi connectivity index (χ4n) is 3.16. The second-order valence-electron chi connectivity index (χ2n) is 6.74. The Morgan fingerprint density at radius 1 is 0.889 bits per heavy atom. The van der Waals surface area contributed by atoms with Crippen molar-refractivity contribution in [3.8, 4) is 0 Å². The second kappa shape index (κ2) is 9.87. The number of hydrogen-bond acceptors (Lipinski definition) is 0. The molecular weight excluding hydrogens is 216 g/mol. The van der Waals surface area contributed by atoms with E-state index in [9.17, 15) is 0 Å². The highest BCUT2D eigenvalue weighted by Crippen LogP contribution is 2.36. The van der Waals surface area contributed by atoms with E-state index >= 15 is 0 Å². The summed E-state index contributed by atoms with van der Waals surface area (Å²) in [5, 5.41) is 0. The second-order valence-corrected chi connectivity index (χ2v) is 6.74. The van der Waals surface area contributed by atoms with Gasteiger partial charge in [-0.1, -0.05) is 80.1 Å². The maximum absolute atomic E-state index is 2.51. The van der Waals surface area contributed by atoms with Crippen molar-refractivity contribution in [3.63, 3.8) is 0 Å². The summed E-state index contributed by atoms with van der Waals surface area (Å²) in [6.45, 7) is 14.4. The van der Waals surface area contributed by atoms with Gasteiger partial charge < -0.3 is 0 Å². The molecule has 0 aliphatic heterocycles. The predicted molar refractivity (Wildman–Crippen MR) is 85.0 cm³/mol. The molecule has 0 radical (unpaired) electrons. The molecule has 0 aromatic rings. The first-order valence-corrected chi connectivity index (χ1v) is 8.52. The van der Waals surface area contributed by atoms with Crippen LogP contribution in [-0.4, -0.2) is 0 Å². The standard InChI is InChI=1S/C18H38/c1-7-11-14-18(6,10-4)15-13-16(5)17(9-3)12-8-2/h16-17H,7-15H2,1-6H3. The van der Waals surface area contributed by atoms with Crippen molar-refractivity contribution >= 4 is 0 Å². The van der Waals surface area contributed by atoms with Crippen LogP contribution in [0.4, 0.5) is 0 Å². The van der Waals surface area contributed by atoms with Crippen molar-refractivity contribution in [1.82, 2.24) is 0 Å². The lowest BCUT2D eigenvalue weighted by Gasteiger charge is -2.31. The first kappa shape index (κ1) is 18.0. The van der Waals surface area contributed by atoms with Gasteiger partial charge in [-0.3, -0.25) is 0 Å². The molecule has 0 saturated carbocycles. The van der Waals surface area contributed by atoms with E-state index in [1.807, 2.05) is 0 Å². The summed E-state index contributed by atoms with van der Waals surface area (Å²) < 4.78 is 0. The van der Waals surface area contributed by atoms with Crippen molar-refractivity contribution < 1.29 is 0 Å². The monoisotopic (exact) mass is 254 g/mol. The van der Waals surface area contributed by atoms with Gasteiger partial charge in [0.05, 0.1) is 0 Å². The molecule has 18 heavy (non-hydrogen) atoms.